The molecule has 0 saturated heterocycles. The van der Waals surface area contributed by atoms with E-state index in [1.54, 1.807) is 11.3 Å². The van der Waals surface area contributed by atoms with Crippen molar-refractivity contribution < 1.29 is 4.79 Å². The molecule has 4 nitrogen and oxygen atoms in total. The van der Waals surface area contributed by atoms with E-state index in [2.05, 4.69) is 49.0 Å². The van der Waals surface area contributed by atoms with Gasteiger partial charge in [0.25, 0.3) is 5.91 Å². The first kappa shape index (κ1) is 18.9. The maximum Gasteiger partial charge on any atom is 0.256 e. The van der Waals surface area contributed by atoms with Crippen LogP contribution in [0.3, 0.4) is 0 Å². The Morgan fingerprint density at radius 3 is 2.38 bits per heavy atom. The molecular formula is C18H25N3OS2. The highest BCUT2D eigenvalue weighted by Crippen LogP contribution is 2.28. The van der Waals surface area contributed by atoms with E-state index in [4.69, 9.17) is 0 Å². The van der Waals surface area contributed by atoms with Gasteiger partial charge in [-0.3, -0.25) is 4.79 Å². The second kappa shape index (κ2) is 7.66. The first-order valence-corrected chi connectivity index (χ1v) is 10.1. The van der Waals surface area contributed by atoms with Gasteiger partial charge in [-0.25, -0.2) is 9.97 Å². The van der Waals surface area contributed by atoms with Gasteiger partial charge in [-0.15, -0.1) is 23.1 Å². The second-order valence-electron chi connectivity index (χ2n) is 6.27. The smallest absolute Gasteiger partial charge is 0.256 e. The van der Waals surface area contributed by atoms with Gasteiger partial charge < -0.3 is 5.32 Å². The zero-order chi connectivity index (χ0) is 18.0. The number of nitrogens with one attached hydrogen (secondary N) is 1. The minimum absolute atomic E-state index is 0.0404. The number of hydrogen-bond donors (Lipinski definition) is 1. The number of thiophene rings is 1. The van der Waals surface area contributed by atoms with Crippen molar-refractivity contribution in [1.29, 1.82) is 0 Å². The Kier molecular flexibility index (Phi) is 6.04. The fraction of sp³-hybridized carbons (Fsp3) is 0.500. The third-order valence-corrected chi connectivity index (χ3v) is 5.57. The molecule has 2 aromatic heterocycles. The second-order valence-corrected chi connectivity index (χ2v) is 8.53. The van der Waals surface area contributed by atoms with Crippen molar-refractivity contribution in [2.45, 2.75) is 58.5 Å². The minimum Gasteiger partial charge on any atom is -0.345 e. The average Bonchev–Trinajstić information content (AvgIpc) is 2.84. The molecule has 130 valence electrons. The third-order valence-electron chi connectivity index (χ3n) is 3.90. The van der Waals surface area contributed by atoms with Crippen molar-refractivity contribution in [2.24, 2.45) is 0 Å². The van der Waals surface area contributed by atoms with E-state index in [1.165, 1.54) is 27.1 Å². The lowest BCUT2D eigenvalue weighted by Crippen LogP contribution is -2.28. The number of hydrogen-bond acceptors (Lipinski definition) is 5. The average molecular weight is 364 g/mol. The Bertz CT molecular complexity index is 753. The van der Waals surface area contributed by atoms with Crippen LogP contribution in [-0.2, 0) is 0 Å². The summed E-state index contributed by atoms with van der Waals surface area (Å²) in [5, 5.41) is 3.85. The van der Waals surface area contributed by atoms with Crippen LogP contribution in [0.5, 0.6) is 0 Å². The summed E-state index contributed by atoms with van der Waals surface area (Å²) in [6, 6.07) is 2.10. The molecular weight excluding hydrogens is 338 g/mol. The summed E-state index contributed by atoms with van der Waals surface area (Å²) < 4.78 is 0. The van der Waals surface area contributed by atoms with Crippen LogP contribution in [0.25, 0.3) is 0 Å². The fourth-order valence-electron chi connectivity index (χ4n) is 2.66. The molecule has 1 N–H and O–H groups in total. The van der Waals surface area contributed by atoms with Gasteiger partial charge in [0, 0.05) is 15.7 Å². The lowest BCUT2D eigenvalue weighted by atomic mass is 10.1. The predicted octanol–water partition coefficient (Wildman–Crippen LogP) is 4.80. The van der Waals surface area contributed by atoms with Crippen LogP contribution in [0.4, 0.5) is 0 Å². The van der Waals surface area contributed by atoms with Crippen molar-refractivity contribution in [1.82, 2.24) is 15.3 Å². The van der Waals surface area contributed by atoms with Crippen LogP contribution < -0.4 is 5.32 Å². The van der Waals surface area contributed by atoms with Crippen LogP contribution in [0, 0.1) is 20.8 Å². The Balaban J connectivity index is 2.31. The van der Waals surface area contributed by atoms with E-state index in [-0.39, 0.29) is 17.9 Å². The van der Waals surface area contributed by atoms with Gasteiger partial charge >= 0.3 is 0 Å². The van der Waals surface area contributed by atoms with Gasteiger partial charge in [-0.1, -0.05) is 13.8 Å². The van der Waals surface area contributed by atoms with Crippen molar-refractivity contribution in [3.8, 4) is 0 Å². The van der Waals surface area contributed by atoms with E-state index < -0.39 is 0 Å². The molecule has 0 aliphatic rings. The molecule has 1 unspecified atom stereocenters. The summed E-state index contributed by atoms with van der Waals surface area (Å²) in [7, 11) is 0. The molecule has 0 saturated carbocycles. The summed E-state index contributed by atoms with van der Waals surface area (Å²) >= 11 is 3.25. The molecule has 0 aliphatic heterocycles. The number of carbonyl (C=O) groups excluding carboxylic acids is 1. The van der Waals surface area contributed by atoms with E-state index in [0.717, 1.165) is 16.5 Å². The highest BCUT2D eigenvalue weighted by Gasteiger charge is 2.22. The Morgan fingerprint density at radius 1 is 1.21 bits per heavy atom. The molecule has 0 aromatic carbocycles. The molecule has 0 radical (unpaired) electrons. The number of carbonyl (C=O) groups is 1. The zero-order valence-corrected chi connectivity index (χ0v) is 17.0. The maximum atomic E-state index is 12.8. The molecule has 0 aliphatic carbocycles. The molecule has 2 aromatic rings. The minimum atomic E-state index is -0.108. The molecule has 1 amide bonds. The van der Waals surface area contributed by atoms with E-state index in [1.807, 2.05) is 20.1 Å². The largest absolute Gasteiger partial charge is 0.345 e. The summed E-state index contributed by atoms with van der Waals surface area (Å²) in [6.07, 6.45) is 1.94. The molecule has 1 atom stereocenters. The lowest BCUT2D eigenvalue weighted by molar-refractivity contribution is 0.0935. The normalized spacial score (nSPS) is 12.5. The number of nitrogens with zero attached hydrogens (tertiary/aromatic N) is 2. The number of aryl methyl sites for hydroxylation is 3. The SMILES string of the molecule is CSc1nc(C(C)C)nc(C)c1C(=O)NC(C)c1cc(C)sc1C. The lowest BCUT2D eigenvalue weighted by Gasteiger charge is -2.17. The van der Waals surface area contributed by atoms with Crippen LogP contribution in [0.2, 0.25) is 0 Å². The molecule has 6 heteroatoms. The topological polar surface area (TPSA) is 54.9 Å². The Morgan fingerprint density at radius 2 is 1.88 bits per heavy atom. The van der Waals surface area contributed by atoms with Gasteiger partial charge in [0.15, 0.2) is 0 Å². The number of thioether (sulfide) groups is 1. The number of aromatic nitrogens is 2. The summed E-state index contributed by atoms with van der Waals surface area (Å²) in [5.74, 6) is 0.913. The molecule has 24 heavy (non-hydrogen) atoms. The van der Waals surface area contributed by atoms with Crippen molar-refractivity contribution >= 4 is 29.0 Å². The predicted molar refractivity (Wildman–Crippen MR) is 102 cm³/mol. The van der Waals surface area contributed by atoms with Crippen LogP contribution in [0.1, 0.15) is 69.9 Å². The van der Waals surface area contributed by atoms with E-state index in [9.17, 15) is 4.79 Å². The zero-order valence-electron chi connectivity index (χ0n) is 15.4. The van der Waals surface area contributed by atoms with Crippen molar-refractivity contribution in [2.75, 3.05) is 6.26 Å². The molecule has 0 spiro atoms. The highest BCUT2D eigenvalue weighted by atomic mass is 32.2. The fourth-order valence-corrected chi connectivity index (χ4v) is 4.31. The highest BCUT2D eigenvalue weighted by molar-refractivity contribution is 7.98. The van der Waals surface area contributed by atoms with Crippen LogP contribution in [0.15, 0.2) is 11.1 Å². The van der Waals surface area contributed by atoms with Gasteiger partial charge in [0.1, 0.15) is 10.9 Å². The van der Waals surface area contributed by atoms with Crippen molar-refractivity contribution in [3.63, 3.8) is 0 Å². The first-order chi connectivity index (χ1) is 11.2. The van der Waals surface area contributed by atoms with Crippen molar-refractivity contribution in [3.05, 3.63) is 38.5 Å². The van der Waals surface area contributed by atoms with E-state index in [0.29, 0.717) is 5.56 Å². The van der Waals surface area contributed by atoms with Crippen LogP contribution in [-0.4, -0.2) is 22.1 Å². The summed E-state index contributed by atoms with van der Waals surface area (Å²) in [4.78, 5) is 24.4. The summed E-state index contributed by atoms with van der Waals surface area (Å²) in [6.45, 7) is 12.2. The summed E-state index contributed by atoms with van der Waals surface area (Å²) in [5.41, 5.74) is 2.50. The number of rotatable bonds is 5. The maximum absolute atomic E-state index is 12.8. The Hall–Kier alpha value is -1.40. The van der Waals surface area contributed by atoms with Gasteiger partial charge in [-0.2, -0.15) is 0 Å². The standard InChI is InChI=1S/C18H25N3OS2/c1-9(2)16-19-12(5)15(18(21-16)23-7)17(22)20-11(4)14-8-10(3)24-13(14)6/h8-9,11H,1-7H3,(H,20,22). The van der Waals surface area contributed by atoms with Gasteiger partial charge in [0.05, 0.1) is 17.3 Å². The molecule has 2 heterocycles. The molecule has 2 rings (SSSR count). The first-order valence-electron chi connectivity index (χ1n) is 8.04. The Labute approximate surface area is 152 Å². The third kappa shape index (κ3) is 3.98. The molecule has 0 bridgehead atoms. The van der Waals surface area contributed by atoms with E-state index >= 15 is 0 Å². The number of amides is 1. The van der Waals surface area contributed by atoms with Gasteiger partial charge in [-0.05, 0) is 45.6 Å². The monoisotopic (exact) mass is 363 g/mol. The van der Waals surface area contributed by atoms with Gasteiger partial charge in [0.2, 0.25) is 0 Å². The van der Waals surface area contributed by atoms with Crippen LogP contribution >= 0.6 is 23.1 Å². The quantitative estimate of drug-likeness (QED) is 0.612. The molecule has 0 fully saturated rings.